The maximum absolute atomic E-state index is 14.0. The smallest absolute Gasteiger partial charge is 0.268 e. The van der Waals surface area contributed by atoms with Crippen LogP contribution in [0.1, 0.15) is 6.92 Å². The molecule has 0 saturated carbocycles. The summed E-state index contributed by atoms with van der Waals surface area (Å²) >= 11 is 0. The van der Waals surface area contributed by atoms with E-state index in [0.717, 1.165) is 10.9 Å². The number of hydrogen-bond donors (Lipinski definition) is 1. The lowest BCUT2D eigenvalue weighted by Gasteiger charge is -2.10. The first kappa shape index (κ1) is 16.1. The molecule has 0 atom stereocenters. The van der Waals surface area contributed by atoms with Gasteiger partial charge < -0.3 is 9.47 Å². The first-order chi connectivity index (χ1) is 10.4. The van der Waals surface area contributed by atoms with E-state index in [1.54, 1.807) is 13.0 Å². The minimum Gasteiger partial charge on any atom is -0.497 e. The highest BCUT2D eigenvalue weighted by molar-refractivity contribution is 7.92. The summed E-state index contributed by atoms with van der Waals surface area (Å²) in [6.45, 7) is 1.89. The molecule has 0 aliphatic rings. The summed E-state index contributed by atoms with van der Waals surface area (Å²) in [4.78, 5) is -0.517. The molecule has 22 heavy (non-hydrogen) atoms. The van der Waals surface area contributed by atoms with Gasteiger partial charge in [-0.1, -0.05) is 0 Å². The van der Waals surface area contributed by atoms with Gasteiger partial charge in [0.05, 0.1) is 26.1 Å². The Balaban J connectivity index is 2.38. The van der Waals surface area contributed by atoms with Crippen LogP contribution in [0, 0.1) is 5.95 Å². The largest absolute Gasteiger partial charge is 0.497 e. The summed E-state index contributed by atoms with van der Waals surface area (Å²) in [5.74, 6) is -0.103. The predicted octanol–water partition coefficient (Wildman–Crippen LogP) is 1.86. The number of aryl methyl sites for hydroxylation is 1. The van der Waals surface area contributed by atoms with Gasteiger partial charge in [0.25, 0.3) is 10.0 Å². The molecule has 120 valence electrons. The molecule has 7 nitrogen and oxygen atoms in total. The van der Waals surface area contributed by atoms with E-state index in [2.05, 4.69) is 9.82 Å². The summed E-state index contributed by atoms with van der Waals surface area (Å²) in [6.07, 6.45) is 0.971. The highest BCUT2D eigenvalue weighted by Gasteiger charge is 2.23. The molecule has 1 N–H and O–H groups in total. The van der Waals surface area contributed by atoms with Crippen LogP contribution in [0.4, 0.5) is 10.1 Å². The van der Waals surface area contributed by atoms with Crippen molar-refractivity contribution in [1.82, 2.24) is 9.78 Å². The molecule has 0 amide bonds. The van der Waals surface area contributed by atoms with Gasteiger partial charge in [0, 0.05) is 24.7 Å². The second kappa shape index (κ2) is 6.22. The van der Waals surface area contributed by atoms with Gasteiger partial charge >= 0.3 is 0 Å². The Morgan fingerprint density at radius 2 is 1.82 bits per heavy atom. The molecule has 1 aromatic carbocycles. The molecular weight excluding hydrogens is 313 g/mol. The van der Waals surface area contributed by atoms with Crippen molar-refractivity contribution in [2.45, 2.75) is 18.4 Å². The van der Waals surface area contributed by atoms with Crippen LogP contribution >= 0.6 is 0 Å². The van der Waals surface area contributed by atoms with E-state index in [4.69, 9.17) is 9.47 Å². The molecule has 0 spiro atoms. The number of hydrogen-bond acceptors (Lipinski definition) is 5. The van der Waals surface area contributed by atoms with Crippen LogP contribution in [-0.4, -0.2) is 32.4 Å². The van der Waals surface area contributed by atoms with Gasteiger partial charge in [0.1, 0.15) is 11.5 Å². The highest BCUT2D eigenvalue weighted by atomic mass is 32.2. The molecule has 0 aliphatic heterocycles. The molecule has 9 heteroatoms. The number of nitrogens with zero attached hydrogens (tertiary/aromatic N) is 2. The SMILES string of the molecule is CCn1ncc(S(=O)(=O)Nc2cc(OC)cc(OC)c2)c1F. The van der Waals surface area contributed by atoms with E-state index in [1.165, 1.54) is 26.4 Å². The van der Waals surface area contributed by atoms with Crippen LogP contribution in [0.25, 0.3) is 0 Å². The van der Waals surface area contributed by atoms with Crippen molar-refractivity contribution in [2.24, 2.45) is 0 Å². The lowest BCUT2D eigenvalue weighted by Crippen LogP contribution is -2.14. The van der Waals surface area contributed by atoms with Crippen molar-refractivity contribution in [3.8, 4) is 11.5 Å². The van der Waals surface area contributed by atoms with Gasteiger partial charge in [0.15, 0.2) is 4.90 Å². The van der Waals surface area contributed by atoms with E-state index in [-0.39, 0.29) is 12.2 Å². The number of aromatic nitrogens is 2. The maximum Gasteiger partial charge on any atom is 0.268 e. The molecule has 0 radical (unpaired) electrons. The van der Waals surface area contributed by atoms with E-state index in [0.29, 0.717) is 11.5 Å². The Morgan fingerprint density at radius 1 is 1.23 bits per heavy atom. The van der Waals surface area contributed by atoms with E-state index in [1.807, 2.05) is 0 Å². The summed E-state index contributed by atoms with van der Waals surface area (Å²) in [5.41, 5.74) is 0.194. The molecule has 1 aromatic heterocycles. The van der Waals surface area contributed by atoms with Crippen molar-refractivity contribution in [3.05, 3.63) is 30.3 Å². The minimum absolute atomic E-state index is 0.194. The minimum atomic E-state index is -4.10. The average molecular weight is 329 g/mol. The summed E-state index contributed by atoms with van der Waals surface area (Å²) in [5, 5.41) is 3.68. The van der Waals surface area contributed by atoms with Gasteiger partial charge in [0.2, 0.25) is 5.95 Å². The lowest BCUT2D eigenvalue weighted by molar-refractivity contribution is 0.395. The first-order valence-corrected chi connectivity index (χ1v) is 7.86. The van der Waals surface area contributed by atoms with Crippen LogP contribution in [-0.2, 0) is 16.6 Å². The number of anilines is 1. The Bertz CT molecular complexity index is 751. The summed E-state index contributed by atoms with van der Waals surface area (Å²) in [7, 11) is -1.22. The maximum atomic E-state index is 14.0. The molecule has 0 aliphatic carbocycles. The zero-order valence-electron chi connectivity index (χ0n) is 12.3. The average Bonchev–Trinajstić information content (AvgIpc) is 2.87. The molecular formula is C13H16FN3O4S. The van der Waals surface area contributed by atoms with Crippen LogP contribution in [0.2, 0.25) is 0 Å². The fraction of sp³-hybridized carbons (Fsp3) is 0.308. The van der Waals surface area contributed by atoms with Crippen molar-refractivity contribution < 1.29 is 22.3 Å². The Kier molecular flexibility index (Phi) is 4.55. The normalized spacial score (nSPS) is 11.3. The topological polar surface area (TPSA) is 82.5 Å². The Labute approximate surface area is 127 Å². The quantitative estimate of drug-likeness (QED) is 0.875. The molecule has 0 fully saturated rings. The molecule has 0 saturated heterocycles. The van der Waals surface area contributed by atoms with Gasteiger partial charge in [-0.3, -0.25) is 4.72 Å². The number of benzene rings is 1. The third-order valence-electron chi connectivity index (χ3n) is 2.94. The third-order valence-corrected chi connectivity index (χ3v) is 4.29. The lowest BCUT2D eigenvalue weighted by atomic mass is 10.3. The van der Waals surface area contributed by atoms with Gasteiger partial charge in [-0.05, 0) is 6.92 Å². The number of halogens is 1. The van der Waals surface area contributed by atoms with Gasteiger partial charge in [-0.15, -0.1) is 0 Å². The second-order valence-corrected chi connectivity index (χ2v) is 5.97. The number of nitrogens with one attached hydrogen (secondary N) is 1. The highest BCUT2D eigenvalue weighted by Crippen LogP contribution is 2.27. The Hall–Kier alpha value is -2.29. The number of sulfonamides is 1. The third kappa shape index (κ3) is 3.14. The van der Waals surface area contributed by atoms with Crippen molar-refractivity contribution in [2.75, 3.05) is 18.9 Å². The number of methoxy groups -OCH3 is 2. The molecule has 0 unspecified atom stereocenters. The van der Waals surface area contributed by atoms with Gasteiger partial charge in [-0.25, -0.2) is 13.1 Å². The summed E-state index contributed by atoms with van der Waals surface area (Å²) in [6, 6.07) is 4.51. The molecule has 0 bridgehead atoms. The van der Waals surface area contributed by atoms with Crippen molar-refractivity contribution in [3.63, 3.8) is 0 Å². The zero-order chi connectivity index (χ0) is 16.3. The van der Waals surface area contributed by atoms with E-state index >= 15 is 0 Å². The molecule has 2 rings (SSSR count). The monoisotopic (exact) mass is 329 g/mol. The standard InChI is InChI=1S/C13H16FN3O4S/c1-4-17-13(14)12(8-15-17)22(18,19)16-9-5-10(20-2)7-11(6-9)21-3/h5-8,16H,4H2,1-3H3. The predicted molar refractivity (Wildman–Crippen MR) is 78.2 cm³/mol. The molecule has 2 aromatic rings. The number of ether oxygens (including phenoxy) is 2. The fourth-order valence-electron chi connectivity index (χ4n) is 1.83. The summed E-state index contributed by atoms with van der Waals surface area (Å²) < 4.78 is 51.8. The van der Waals surface area contributed by atoms with Crippen LogP contribution in [0.15, 0.2) is 29.3 Å². The van der Waals surface area contributed by atoms with E-state index in [9.17, 15) is 12.8 Å². The van der Waals surface area contributed by atoms with Crippen LogP contribution in [0.3, 0.4) is 0 Å². The Morgan fingerprint density at radius 3 is 2.27 bits per heavy atom. The van der Waals surface area contributed by atoms with E-state index < -0.39 is 20.9 Å². The van der Waals surface area contributed by atoms with Crippen molar-refractivity contribution in [1.29, 1.82) is 0 Å². The van der Waals surface area contributed by atoms with Crippen molar-refractivity contribution >= 4 is 15.7 Å². The van der Waals surface area contributed by atoms with Gasteiger partial charge in [-0.2, -0.15) is 9.49 Å². The van der Waals surface area contributed by atoms with Crippen LogP contribution in [0.5, 0.6) is 11.5 Å². The van der Waals surface area contributed by atoms with Crippen LogP contribution < -0.4 is 14.2 Å². The first-order valence-electron chi connectivity index (χ1n) is 6.38. The molecule has 1 heterocycles. The number of rotatable bonds is 6. The zero-order valence-corrected chi connectivity index (χ0v) is 13.1. The fourth-order valence-corrected chi connectivity index (χ4v) is 2.88. The second-order valence-electron chi connectivity index (χ2n) is 4.32.